The lowest BCUT2D eigenvalue weighted by molar-refractivity contribution is -0.166. The Hall–Kier alpha value is -3.67. The number of esters is 3. The predicted molar refractivity (Wildman–Crippen MR) is 237 cm³/mol. The fourth-order valence-corrected chi connectivity index (χ4v) is 5.56. The van der Waals surface area contributed by atoms with E-state index in [0.717, 1.165) is 83.5 Å². The largest absolute Gasteiger partial charge is 0.462 e. The molecule has 0 N–H and O–H groups in total. The van der Waals surface area contributed by atoms with Crippen molar-refractivity contribution in [3.8, 4) is 0 Å². The molecule has 0 bridgehead atoms. The molecule has 0 radical (unpaired) electrons. The van der Waals surface area contributed by atoms with Gasteiger partial charge in [-0.1, -0.05) is 176 Å². The Bertz CT molecular complexity index is 1170. The summed E-state index contributed by atoms with van der Waals surface area (Å²) in [5, 5.41) is 0. The van der Waals surface area contributed by atoms with Crippen molar-refractivity contribution in [2.24, 2.45) is 0 Å². The smallest absolute Gasteiger partial charge is 0.306 e. The molecule has 56 heavy (non-hydrogen) atoms. The fraction of sp³-hybridized carbons (Fsp3) is 0.620. The Morgan fingerprint density at radius 2 is 0.732 bits per heavy atom. The molecule has 0 amide bonds. The number of hydrogen-bond donors (Lipinski definition) is 0. The number of ether oxygens (including phenoxy) is 3. The van der Waals surface area contributed by atoms with Crippen LogP contribution in [0.5, 0.6) is 0 Å². The minimum absolute atomic E-state index is 0.116. The van der Waals surface area contributed by atoms with Gasteiger partial charge in [0, 0.05) is 19.3 Å². The third-order valence-corrected chi connectivity index (χ3v) is 8.85. The maximum atomic E-state index is 12.7. The van der Waals surface area contributed by atoms with E-state index in [-0.39, 0.29) is 44.0 Å². The normalized spacial score (nSPS) is 13.0. The van der Waals surface area contributed by atoms with Gasteiger partial charge in [0.1, 0.15) is 13.2 Å². The molecular formula is C50H80O6. The van der Waals surface area contributed by atoms with Crippen LogP contribution in [0.4, 0.5) is 0 Å². The van der Waals surface area contributed by atoms with E-state index in [9.17, 15) is 14.4 Å². The monoisotopic (exact) mass is 777 g/mol. The average molecular weight is 777 g/mol. The lowest BCUT2D eigenvalue weighted by atomic mass is 10.1. The summed E-state index contributed by atoms with van der Waals surface area (Å²) in [5.74, 6) is -1.06. The zero-order valence-corrected chi connectivity index (χ0v) is 35.9. The van der Waals surface area contributed by atoms with E-state index in [1.807, 2.05) is 12.2 Å². The Labute approximate surface area is 343 Å². The molecule has 0 aromatic rings. The van der Waals surface area contributed by atoms with E-state index in [1.54, 1.807) is 0 Å². The maximum absolute atomic E-state index is 12.7. The highest BCUT2D eigenvalue weighted by Gasteiger charge is 2.19. The third kappa shape index (κ3) is 41.5. The summed E-state index contributed by atoms with van der Waals surface area (Å²) in [7, 11) is 0. The van der Waals surface area contributed by atoms with E-state index < -0.39 is 6.10 Å². The van der Waals surface area contributed by atoms with Gasteiger partial charge in [0.25, 0.3) is 0 Å². The quantitative estimate of drug-likeness (QED) is 0.0269. The molecule has 6 heteroatoms. The van der Waals surface area contributed by atoms with Crippen molar-refractivity contribution < 1.29 is 28.6 Å². The summed E-state index contributed by atoms with van der Waals surface area (Å²) in [6.45, 7) is 6.26. The van der Waals surface area contributed by atoms with E-state index in [2.05, 4.69) is 106 Å². The van der Waals surface area contributed by atoms with E-state index in [0.29, 0.717) is 19.3 Å². The van der Waals surface area contributed by atoms with Gasteiger partial charge in [-0.3, -0.25) is 14.4 Å². The van der Waals surface area contributed by atoms with Crippen LogP contribution in [-0.4, -0.2) is 37.2 Å². The van der Waals surface area contributed by atoms with E-state index in [1.165, 1.54) is 44.9 Å². The number of allylic oxidation sites excluding steroid dienone is 16. The lowest BCUT2D eigenvalue weighted by Gasteiger charge is -2.18. The Morgan fingerprint density at radius 3 is 1.20 bits per heavy atom. The highest BCUT2D eigenvalue weighted by atomic mass is 16.6. The lowest BCUT2D eigenvalue weighted by Crippen LogP contribution is -2.30. The minimum Gasteiger partial charge on any atom is -0.462 e. The van der Waals surface area contributed by atoms with Crippen molar-refractivity contribution in [1.82, 2.24) is 0 Å². The van der Waals surface area contributed by atoms with Crippen molar-refractivity contribution in [3.05, 3.63) is 97.2 Å². The molecule has 0 aliphatic rings. The maximum Gasteiger partial charge on any atom is 0.306 e. The van der Waals surface area contributed by atoms with Gasteiger partial charge >= 0.3 is 17.9 Å². The molecule has 0 saturated carbocycles. The SMILES string of the molecule is CC/C=C\C/C=C\C/C=C\C/C=C\C/C=C\CCC(=O)OCC(COC(=O)CCCCCCCCCCCC)OC(=O)CCCC/C=C\C/C=C\C/C=C\CC. The van der Waals surface area contributed by atoms with Crippen LogP contribution in [0.2, 0.25) is 0 Å². The van der Waals surface area contributed by atoms with Crippen LogP contribution in [0.3, 0.4) is 0 Å². The average Bonchev–Trinajstić information content (AvgIpc) is 3.19. The molecule has 0 saturated heterocycles. The summed E-state index contributed by atoms with van der Waals surface area (Å²) in [5.41, 5.74) is 0. The molecule has 0 aliphatic heterocycles. The van der Waals surface area contributed by atoms with Crippen LogP contribution < -0.4 is 0 Å². The van der Waals surface area contributed by atoms with Crippen molar-refractivity contribution >= 4 is 17.9 Å². The second kappa shape index (κ2) is 44.0. The van der Waals surface area contributed by atoms with E-state index >= 15 is 0 Å². The van der Waals surface area contributed by atoms with Crippen LogP contribution in [0, 0.1) is 0 Å². The summed E-state index contributed by atoms with van der Waals surface area (Å²) in [6, 6.07) is 0. The summed E-state index contributed by atoms with van der Waals surface area (Å²) >= 11 is 0. The molecular weight excluding hydrogens is 697 g/mol. The van der Waals surface area contributed by atoms with Crippen molar-refractivity contribution in [2.45, 2.75) is 187 Å². The second-order valence-electron chi connectivity index (χ2n) is 14.2. The number of carbonyl (C=O) groups is 3. The topological polar surface area (TPSA) is 78.9 Å². The summed E-state index contributed by atoms with van der Waals surface area (Å²) in [4.78, 5) is 37.6. The van der Waals surface area contributed by atoms with Crippen LogP contribution in [0.15, 0.2) is 97.2 Å². The van der Waals surface area contributed by atoms with Gasteiger partial charge in [-0.15, -0.1) is 0 Å². The molecule has 0 aromatic carbocycles. The highest BCUT2D eigenvalue weighted by Crippen LogP contribution is 2.12. The van der Waals surface area contributed by atoms with Gasteiger partial charge in [0.15, 0.2) is 6.10 Å². The highest BCUT2D eigenvalue weighted by molar-refractivity contribution is 5.71. The van der Waals surface area contributed by atoms with Crippen LogP contribution >= 0.6 is 0 Å². The van der Waals surface area contributed by atoms with Gasteiger partial charge < -0.3 is 14.2 Å². The molecule has 0 rings (SSSR count). The molecule has 1 unspecified atom stereocenters. The minimum atomic E-state index is -0.823. The van der Waals surface area contributed by atoms with E-state index in [4.69, 9.17) is 14.2 Å². The van der Waals surface area contributed by atoms with Gasteiger partial charge in [-0.05, 0) is 83.5 Å². The van der Waals surface area contributed by atoms with Crippen molar-refractivity contribution in [2.75, 3.05) is 13.2 Å². The number of rotatable bonds is 38. The van der Waals surface area contributed by atoms with Gasteiger partial charge in [0.05, 0.1) is 0 Å². The fourth-order valence-electron chi connectivity index (χ4n) is 5.56. The predicted octanol–water partition coefficient (Wildman–Crippen LogP) is 14.2. The standard InChI is InChI=1S/C50H80O6/c1-4-7-10-13-16-19-22-24-25-26-27-29-31-34-37-40-43-49(52)55-46-47(45-54-48(51)42-39-36-33-30-21-18-15-12-9-6-3)56-50(53)44-41-38-35-32-28-23-20-17-14-11-8-5-2/h7-8,10-11,16-17,19-20,24-25,27-29,32,34,37,47H,4-6,9,12-15,18,21-23,26,30-31,33,35-36,38-46H2,1-3H3/b10-7-,11-8-,19-16-,20-17-,25-24-,29-27-,32-28-,37-34-. The molecule has 6 nitrogen and oxygen atoms in total. The first kappa shape index (κ1) is 52.3. The van der Waals surface area contributed by atoms with Crippen molar-refractivity contribution in [1.29, 1.82) is 0 Å². The van der Waals surface area contributed by atoms with Crippen LogP contribution in [-0.2, 0) is 28.6 Å². The Balaban J connectivity index is 4.56. The number of carbonyl (C=O) groups excluding carboxylic acids is 3. The molecule has 0 aromatic heterocycles. The summed E-state index contributed by atoms with van der Waals surface area (Å²) < 4.78 is 16.6. The Morgan fingerprint density at radius 1 is 0.375 bits per heavy atom. The van der Waals surface area contributed by atoms with Gasteiger partial charge in [-0.2, -0.15) is 0 Å². The van der Waals surface area contributed by atoms with Crippen molar-refractivity contribution in [3.63, 3.8) is 0 Å². The molecule has 0 spiro atoms. The molecule has 1 atom stereocenters. The summed E-state index contributed by atoms with van der Waals surface area (Å²) in [6.07, 6.45) is 56.9. The number of unbranched alkanes of at least 4 members (excludes halogenated alkanes) is 11. The Kier molecular flexibility index (Phi) is 41.2. The molecule has 0 fully saturated rings. The van der Waals surface area contributed by atoms with Gasteiger partial charge in [-0.25, -0.2) is 0 Å². The molecule has 316 valence electrons. The molecule has 0 aliphatic carbocycles. The third-order valence-electron chi connectivity index (χ3n) is 8.85. The first-order valence-corrected chi connectivity index (χ1v) is 22.2. The zero-order chi connectivity index (χ0) is 40.8. The molecule has 0 heterocycles. The first-order valence-electron chi connectivity index (χ1n) is 22.2. The zero-order valence-electron chi connectivity index (χ0n) is 35.9. The van der Waals surface area contributed by atoms with Crippen LogP contribution in [0.25, 0.3) is 0 Å². The number of hydrogen-bond acceptors (Lipinski definition) is 6. The van der Waals surface area contributed by atoms with Crippen LogP contribution in [0.1, 0.15) is 181 Å². The first-order chi connectivity index (χ1) is 27.5. The van der Waals surface area contributed by atoms with Gasteiger partial charge in [0.2, 0.25) is 0 Å². The second-order valence-corrected chi connectivity index (χ2v) is 14.2.